The summed E-state index contributed by atoms with van der Waals surface area (Å²) < 4.78 is 7.55. The molecule has 4 nitrogen and oxygen atoms in total. The fourth-order valence-corrected chi connectivity index (χ4v) is 2.84. The normalized spacial score (nSPS) is 19.2. The number of anilines is 1. The highest BCUT2D eigenvalue weighted by atomic mass is 35.5. The predicted molar refractivity (Wildman–Crippen MR) is 72.9 cm³/mol. The lowest BCUT2D eigenvalue weighted by molar-refractivity contribution is 0.0321. The number of imidazole rings is 1. The average molecular weight is 266 g/mol. The molecular weight excluding hydrogens is 250 g/mol. The number of hydrogen-bond acceptors (Lipinski definition) is 3. The maximum absolute atomic E-state index is 6.09. The Morgan fingerprint density at radius 2 is 2.11 bits per heavy atom. The van der Waals surface area contributed by atoms with Gasteiger partial charge in [-0.3, -0.25) is 0 Å². The van der Waals surface area contributed by atoms with Crippen LogP contribution in [0.4, 0.5) is 5.95 Å². The van der Waals surface area contributed by atoms with E-state index in [0.717, 1.165) is 37.1 Å². The van der Waals surface area contributed by atoms with E-state index in [9.17, 15) is 0 Å². The van der Waals surface area contributed by atoms with E-state index in [1.165, 1.54) is 0 Å². The average Bonchev–Trinajstić information content (AvgIpc) is 2.66. The van der Waals surface area contributed by atoms with Gasteiger partial charge in [-0.2, -0.15) is 0 Å². The highest BCUT2D eigenvalue weighted by Gasteiger charge is 2.32. The molecule has 2 N–H and O–H groups in total. The third kappa shape index (κ3) is 1.76. The minimum atomic E-state index is -0.0399. The molecule has 0 bridgehead atoms. The van der Waals surface area contributed by atoms with E-state index >= 15 is 0 Å². The minimum Gasteiger partial charge on any atom is -0.381 e. The lowest BCUT2D eigenvalue weighted by Gasteiger charge is -2.36. The van der Waals surface area contributed by atoms with Gasteiger partial charge < -0.3 is 15.0 Å². The van der Waals surface area contributed by atoms with E-state index in [1.54, 1.807) is 0 Å². The molecule has 96 valence electrons. The Hall–Kier alpha value is -1.26. The third-order valence-electron chi connectivity index (χ3n) is 3.75. The van der Waals surface area contributed by atoms with E-state index in [1.807, 2.05) is 18.2 Å². The fraction of sp³-hybridized carbons (Fsp3) is 0.462. The number of halogens is 1. The molecule has 0 unspecified atom stereocenters. The quantitative estimate of drug-likeness (QED) is 0.863. The molecule has 1 aromatic carbocycles. The van der Waals surface area contributed by atoms with E-state index in [-0.39, 0.29) is 5.54 Å². The summed E-state index contributed by atoms with van der Waals surface area (Å²) in [4.78, 5) is 4.42. The van der Waals surface area contributed by atoms with E-state index in [0.29, 0.717) is 11.0 Å². The van der Waals surface area contributed by atoms with Gasteiger partial charge in [-0.15, -0.1) is 0 Å². The van der Waals surface area contributed by atoms with Crippen LogP contribution in [0, 0.1) is 0 Å². The highest BCUT2D eigenvalue weighted by Crippen LogP contribution is 2.35. The topological polar surface area (TPSA) is 53.1 Å². The Labute approximate surface area is 111 Å². The number of ether oxygens (including phenoxy) is 1. The molecule has 0 spiro atoms. The summed E-state index contributed by atoms with van der Waals surface area (Å²) >= 11 is 6.08. The number of benzene rings is 1. The highest BCUT2D eigenvalue weighted by molar-refractivity contribution is 6.31. The lowest BCUT2D eigenvalue weighted by Crippen LogP contribution is -2.37. The van der Waals surface area contributed by atoms with Crippen molar-refractivity contribution in [1.29, 1.82) is 0 Å². The fourth-order valence-electron chi connectivity index (χ4n) is 2.67. The van der Waals surface area contributed by atoms with Crippen LogP contribution in [0.1, 0.15) is 19.8 Å². The maximum atomic E-state index is 6.09. The first-order chi connectivity index (χ1) is 8.60. The van der Waals surface area contributed by atoms with Crippen LogP contribution in [-0.4, -0.2) is 22.8 Å². The van der Waals surface area contributed by atoms with Crippen molar-refractivity contribution in [2.75, 3.05) is 18.9 Å². The Balaban J connectivity index is 2.20. The molecule has 1 saturated heterocycles. The summed E-state index contributed by atoms with van der Waals surface area (Å²) in [6, 6.07) is 5.68. The van der Waals surface area contributed by atoms with Gasteiger partial charge in [0.1, 0.15) is 0 Å². The number of aromatic nitrogens is 2. The Morgan fingerprint density at radius 1 is 1.39 bits per heavy atom. The first-order valence-electron chi connectivity index (χ1n) is 6.12. The van der Waals surface area contributed by atoms with Gasteiger partial charge >= 0.3 is 0 Å². The molecule has 0 radical (unpaired) electrons. The first kappa shape index (κ1) is 11.8. The minimum absolute atomic E-state index is 0.0399. The van der Waals surface area contributed by atoms with Crippen molar-refractivity contribution in [2.24, 2.45) is 0 Å². The standard InChI is InChI=1S/C13H16ClN3O/c1-13(4-6-18-7-5-13)17-11-8-9(14)2-3-10(11)16-12(17)15/h2-3,8H,4-7H2,1H3,(H2,15,16). The van der Waals surface area contributed by atoms with Crippen LogP contribution >= 0.6 is 11.6 Å². The van der Waals surface area contributed by atoms with Crippen molar-refractivity contribution in [3.63, 3.8) is 0 Å². The molecular formula is C13H16ClN3O. The SMILES string of the molecule is CC1(n2c(N)nc3ccc(Cl)cc32)CCOCC1. The lowest BCUT2D eigenvalue weighted by atomic mass is 9.92. The monoisotopic (exact) mass is 265 g/mol. The predicted octanol–water partition coefficient (Wildman–Crippen LogP) is 2.80. The van der Waals surface area contributed by atoms with Gasteiger partial charge in [-0.1, -0.05) is 11.6 Å². The summed E-state index contributed by atoms with van der Waals surface area (Å²) in [5.74, 6) is 0.552. The molecule has 1 aromatic heterocycles. The van der Waals surface area contributed by atoms with Gasteiger partial charge in [0.25, 0.3) is 0 Å². The number of rotatable bonds is 1. The van der Waals surface area contributed by atoms with Gasteiger partial charge in [0.2, 0.25) is 5.95 Å². The van der Waals surface area contributed by atoms with Gasteiger partial charge in [0.15, 0.2) is 0 Å². The van der Waals surface area contributed by atoms with Crippen LogP contribution in [-0.2, 0) is 10.3 Å². The molecule has 1 fully saturated rings. The van der Waals surface area contributed by atoms with Crippen molar-refractivity contribution in [1.82, 2.24) is 9.55 Å². The van der Waals surface area contributed by atoms with E-state index in [2.05, 4.69) is 16.5 Å². The maximum Gasteiger partial charge on any atom is 0.201 e. The van der Waals surface area contributed by atoms with Gasteiger partial charge in [-0.25, -0.2) is 4.98 Å². The Bertz CT molecular complexity index is 587. The second-order valence-corrected chi connectivity index (χ2v) is 5.48. The van der Waals surface area contributed by atoms with Crippen molar-refractivity contribution >= 4 is 28.6 Å². The number of nitrogen functional groups attached to an aromatic ring is 1. The van der Waals surface area contributed by atoms with E-state index in [4.69, 9.17) is 22.1 Å². The largest absolute Gasteiger partial charge is 0.381 e. The molecule has 2 heterocycles. The molecule has 0 amide bonds. The van der Waals surface area contributed by atoms with Gasteiger partial charge in [0.05, 0.1) is 11.0 Å². The summed E-state index contributed by atoms with van der Waals surface area (Å²) in [5, 5.41) is 0.708. The van der Waals surface area contributed by atoms with Gasteiger partial charge in [-0.05, 0) is 38.0 Å². The van der Waals surface area contributed by atoms with E-state index < -0.39 is 0 Å². The number of nitrogens with two attached hydrogens (primary N) is 1. The molecule has 1 aliphatic rings. The molecule has 18 heavy (non-hydrogen) atoms. The zero-order chi connectivity index (χ0) is 12.8. The molecule has 0 saturated carbocycles. The summed E-state index contributed by atoms with van der Waals surface area (Å²) in [7, 11) is 0. The second-order valence-electron chi connectivity index (χ2n) is 5.05. The molecule has 0 atom stereocenters. The summed E-state index contributed by atoms with van der Waals surface area (Å²) in [6.45, 7) is 3.72. The summed E-state index contributed by atoms with van der Waals surface area (Å²) in [5.41, 5.74) is 7.94. The van der Waals surface area contributed by atoms with Crippen LogP contribution < -0.4 is 5.73 Å². The molecule has 3 rings (SSSR count). The van der Waals surface area contributed by atoms with Crippen LogP contribution in [0.2, 0.25) is 5.02 Å². The third-order valence-corrected chi connectivity index (χ3v) is 3.99. The smallest absolute Gasteiger partial charge is 0.201 e. The molecule has 2 aromatic rings. The van der Waals surface area contributed by atoms with Crippen LogP contribution in [0.25, 0.3) is 11.0 Å². The van der Waals surface area contributed by atoms with Crippen molar-refractivity contribution < 1.29 is 4.74 Å². The molecule has 0 aliphatic carbocycles. The second kappa shape index (κ2) is 4.14. The van der Waals surface area contributed by atoms with Crippen LogP contribution in [0.3, 0.4) is 0 Å². The molecule has 1 aliphatic heterocycles. The first-order valence-corrected chi connectivity index (χ1v) is 6.50. The zero-order valence-electron chi connectivity index (χ0n) is 10.3. The van der Waals surface area contributed by atoms with Crippen molar-refractivity contribution in [3.05, 3.63) is 23.2 Å². The number of nitrogens with zero attached hydrogens (tertiary/aromatic N) is 2. The van der Waals surface area contributed by atoms with Crippen molar-refractivity contribution in [3.8, 4) is 0 Å². The Kier molecular flexibility index (Phi) is 2.72. The number of hydrogen-bond donors (Lipinski definition) is 1. The zero-order valence-corrected chi connectivity index (χ0v) is 11.1. The van der Waals surface area contributed by atoms with Crippen LogP contribution in [0.5, 0.6) is 0 Å². The van der Waals surface area contributed by atoms with Crippen LogP contribution in [0.15, 0.2) is 18.2 Å². The van der Waals surface area contributed by atoms with Crippen molar-refractivity contribution in [2.45, 2.75) is 25.3 Å². The van der Waals surface area contributed by atoms with Gasteiger partial charge in [0, 0.05) is 23.8 Å². The number of fused-ring (bicyclic) bond motifs is 1. The summed E-state index contributed by atoms with van der Waals surface area (Å²) in [6.07, 6.45) is 1.88. The molecule has 5 heteroatoms. The Morgan fingerprint density at radius 3 is 2.83 bits per heavy atom.